The minimum absolute atomic E-state index is 0.0544. The molecule has 3 aromatic rings. The first-order valence-electron chi connectivity index (χ1n) is 7.66. The number of hydrogen-bond acceptors (Lipinski definition) is 3. The minimum atomic E-state index is 0.0544. The summed E-state index contributed by atoms with van der Waals surface area (Å²) in [6, 6.07) is 11.5. The maximum Gasteiger partial charge on any atom is 0.254 e. The second kappa shape index (κ2) is 5.43. The highest BCUT2D eigenvalue weighted by Gasteiger charge is 2.25. The van der Waals surface area contributed by atoms with Gasteiger partial charge in [0.15, 0.2) is 5.76 Å². The van der Waals surface area contributed by atoms with Gasteiger partial charge in [-0.05, 0) is 31.2 Å². The molecular formula is C18H17N3O2. The molecule has 1 amide bonds. The van der Waals surface area contributed by atoms with E-state index in [1.807, 2.05) is 54.4 Å². The van der Waals surface area contributed by atoms with Crippen LogP contribution in [-0.2, 0) is 13.1 Å². The fourth-order valence-corrected chi connectivity index (χ4v) is 2.93. The Bertz CT molecular complexity index is 832. The number of nitrogens with zero attached hydrogens (tertiary/aromatic N) is 3. The van der Waals surface area contributed by atoms with Gasteiger partial charge in [0.2, 0.25) is 0 Å². The first kappa shape index (κ1) is 13.8. The van der Waals surface area contributed by atoms with E-state index in [0.717, 1.165) is 35.0 Å². The van der Waals surface area contributed by atoms with Gasteiger partial charge in [0.1, 0.15) is 11.5 Å². The third kappa shape index (κ3) is 2.44. The SMILES string of the molecule is Cc1ccc(C(=O)N2CCn3c(-c4ccco4)cnc3C2)cc1. The van der Waals surface area contributed by atoms with E-state index >= 15 is 0 Å². The average Bonchev–Trinajstić information content (AvgIpc) is 3.23. The molecule has 0 fully saturated rings. The van der Waals surface area contributed by atoms with Crippen LogP contribution in [0.3, 0.4) is 0 Å². The van der Waals surface area contributed by atoms with Crippen molar-refractivity contribution in [3.05, 3.63) is 65.8 Å². The molecular weight excluding hydrogens is 290 g/mol. The Hall–Kier alpha value is -2.82. The van der Waals surface area contributed by atoms with Gasteiger partial charge >= 0.3 is 0 Å². The molecule has 0 saturated heterocycles. The van der Waals surface area contributed by atoms with Crippen molar-refractivity contribution >= 4 is 5.91 Å². The Morgan fingerprint density at radius 3 is 2.74 bits per heavy atom. The Kier molecular flexibility index (Phi) is 3.26. The number of rotatable bonds is 2. The molecule has 3 heterocycles. The third-order valence-corrected chi connectivity index (χ3v) is 4.22. The summed E-state index contributed by atoms with van der Waals surface area (Å²) in [6.07, 6.45) is 3.47. The second-order valence-corrected chi connectivity index (χ2v) is 5.78. The lowest BCUT2D eigenvalue weighted by Crippen LogP contribution is -2.38. The van der Waals surface area contributed by atoms with Gasteiger partial charge in [-0.2, -0.15) is 0 Å². The van der Waals surface area contributed by atoms with Crippen molar-refractivity contribution in [2.45, 2.75) is 20.0 Å². The highest BCUT2D eigenvalue weighted by atomic mass is 16.3. The lowest BCUT2D eigenvalue weighted by molar-refractivity contribution is 0.0708. The van der Waals surface area contributed by atoms with E-state index in [-0.39, 0.29) is 5.91 Å². The van der Waals surface area contributed by atoms with Crippen LogP contribution < -0.4 is 0 Å². The molecule has 5 heteroatoms. The first-order valence-corrected chi connectivity index (χ1v) is 7.66. The van der Waals surface area contributed by atoms with E-state index in [1.54, 1.807) is 6.26 Å². The monoisotopic (exact) mass is 307 g/mol. The zero-order chi connectivity index (χ0) is 15.8. The molecule has 0 spiro atoms. The number of amides is 1. The van der Waals surface area contributed by atoms with Gasteiger partial charge < -0.3 is 13.9 Å². The Morgan fingerprint density at radius 1 is 1.17 bits per heavy atom. The predicted molar refractivity (Wildman–Crippen MR) is 85.8 cm³/mol. The summed E-state index contributed by atoms with van der Waals surface area (Å²) in [7, 11) is 0. The summed E-state index contributed by atoms with van der Waals surface area (Å²) in [6.45, 7) is 3.93. The first-order chi connectivity index (χ1) is 11.2. The number of hydrogen-bond donors (Lipinski definition) is 0. The quantitative estimate of drug-likeness (QED) is 0.731. The molecule has 4 rings (SSSR count). The van der Waals surface area contributed by atoms with Gasteiger partial charge in [0, 0.05) is 18.7 Å². The summed E-state index contributed by atoms with van der Waals surface area (Å²) in [5.41, 5.74) is 2.84. The van der Waals surface area contributed by atoms with Gasteiger partial charge in [0.25, 0.3) is 5.91 Å². The number of imidazole rings is 1. The van der Waals surface area contributed by atoms with Crippen molar-refractivity contribution in [2.24, 2.45) is 0 Å². The number of carbonyl (C=O) groups excluding carboxylic acids is 1. The summed E-state index contributed by atoms with van der Waals surface area (Å²) in [4.78, 5) is 18.9. The number of aromatic nitrogens is 2. The molecule has 1 aliphatic rings. The van der Waals surface area contributed by atoms with Crippen LogP contribution in [0.1, 0.15) is 21.7 Å². The Labute approximate surface area is 134 Å². The fourth-order valence-electron chi connectivity index (χ4n) is 2.93. The normalized spacial score (nSPS) is 13.9. The molecule has 5 nitrogen and oxygen atoms in total. The van der Waals surface area contributed by atoms with Crippen LogP contribution in [0, 0.1) is 6.92 Å². The van der Waals surface area contributed by atoms with Crippen molar-refractivity contribution in [1.29, 1.82) is 0 Å². The molecule has 1 aliphatic heterocycles. The number of benzene rings is 1. The summed E-state index contributed by atoms with van der Waals surface area (Å²) >= 11 is 0. The van der Waals surface area contributed by atoms with Gasteiger partial charge in [-0.15, -0.1) is 0 Å². The maximum atomic E-state index is 12.6. The summed E-state index contributed by atoms with van der Waals surface area (Å²) in [5, 5.41) is 0. The Morgan fingerprint density at radius 2 is 2.00 bits per heavy atom. The molecule has 0 bridgehead atoms. The van der Waals surface area contributed by atoms with Crippen molar-refractivity contribution in [2.75, 3.05) is 6.54 Å². The van der Waals surface area contributed by atoms with Crippen molar-refractivity contribution in [1.82, 2.24) is 14.5 Å². The van der Waals surface area contributed by atoms with Crippen LogP contribution in [0.5, 0.6) is 0 Å². The average molecular weight is 307 g/mol. The smallest absolute Gasteiger partial charge is 0.254 e. The van der Waals surface area contributed by atoms with Gasteiger partial charge in [-0.3, -0.25) is 4.79 Å². The number of furan rings is 1. The highest BCUT2D eigenvalue weighted by Crippen LogP contribution is 2.25. The van der Waals surface area contributed by atoms with E-state index in [4.69, 9.17) is 4.42 Å². The van der Waals surface area contributed by atoms with E-state index in [1.165, 1.54) is 0 Å². The predicted octanol–water partition coefficient (Wildman–Crippen LogP) is 3.11. The standard InChI is InChI=1S/C18H17N3O2/c1-13-4-6-14(7-5-13)18(22)20-8-9-21-15(11-19-17(21)12-20)16-3-2-10-23-16/h2-7,10-11H,8-9,12H2,1H3. The zero-order valence-corrected chi connectivity index (χ0v) is 12.9. The lowest BCUT2D eigenvalue weighted by atomic mass is 10.1. The molecule has 0 radical (unpaired) electrons. The van der Waals surface area contributed by atoms with Crippen LogP contribution in [0.2, 0.25) is 0 Å². The van der Waals surface area contributed by atoms with Gasteiger partial charge in [-0.25, -0.2) is 4.98 Å². The largest absolute Gasteiger partial charge is 0.463 e. The lowest BCUT2D eigenvalue weighted by Gasteiger charge is -2.28. The molecule has 0 saturated carbocycles. The zero-order valence-electron chi connectivity index (χ0n) is 12.9. The second-order valence-electron chi connectivity index (χ2n) is 5.78. The van der Waals surface area contributed by atoms with E-state index in [0.29, 0.717) is 13.1 Å². The van der Waals surface area contributed by atoms with Crippen LogP contribution in [-0.4, -0.2) is 26.9 Å². The molecule has 0 unspecified atom stereocenters. The fraction of sp³-hybridized carbons (Fsp3) is 0.222. The molecule has 0 N–H and O–H groups in total. The van der Waals surface area contributed by atoms with Crippen molar-refractivity contribution in [3.8, 4) is 11.5 Å². The van der Waals surface area contributed by atoms with Gasteiger partial charge in [-0.1, -0.05) is 17.7 Å². The van der Waals surface area contributed by atoms with Crippen LogP contribution >= 0.6 is 0 Å². The summed E-state index contributed by atoms with van der Waals surface area (Å²) in [5.74, 6) is 1.75. The van der Waals surface area contributed by atoms with E-state index < -0.39 is 0 Å². The number of fused-ring (bicyclic) bond motifs is 1. The van der Waals surface area contributed by atoms with Crippen molar-refractivity contribution < 1.29 is 9.21 Å². The number of aryl methyl sites for hydroxylation is 1. The van der Waals surface area contributed by atoms with Crippen molar-refractivity contribution in [3.63, 3.8) is 0 Å². The maximum absolute atomic E-state index is 12.6. The van der Waals surface area contributed by atoms with Gasteiger partial charge in [0.05, 0.1) is 19.0 Å². The van der Waals surface area contributed by atoms with Crippen LogP contribution in [0.25, 0.3) is 11.5 Å². The topological polar surface area (TPSA) is 51.3 Å². The van der Waals surface area contributed by atoms with Crippen LogP contribution in [0.4, 0.5) is 0 Å². The molecule has 23 heavy (non-hydrogen) atoms. The molecule has 1 aromatic carbocycles. The summed E-state index contributed by atoms with van der Waals surface area (Å²) < 4.78 is 7.58. The number of carbonyl (C=O) groups is 1. The molecule has 0 aliphatic carbocycles. The highest BCUT2D eigenvalue weighted by molar-refractivity contribution is 5.94. The van der Waals surface area contributed by atoms with Crippen LogP contribution in [0.15, 0.2) is 53.3 Å². The minimum Gasteiger partial charge on any atom is -0.463 e. The van der Waals surface area contributed by atoms with E-state index in [2.05, 4.69) is 9.55 Å². The molecule has 2 aromatic heterocycles. The molecule has 116 valence electrons. The Balaban J connectivity index is 1.57. The third-order valence-electron chi connectivity index (χ3n) is 4.22. The van der Waals surface area contributed by atoms with E-state index in [9.17, 15) is 4.79 Å². The molecule has 0 atom stereocenters.